The van der Waals surface area contributed by atoms with Crippen LogP contribution in [0.5, 0.6) is 0 Å². The van der Waals surface area contributed by atoms with E-state index in [1.165, 1.54) is 10.4 Å². The quantitative estimate of drug-likeness (QED) is 0.828. The van der Waals surface area contributed by atoms with Gasteiger partial charge in [-0.05, 0) is 37.1 Å². The summed E-state index contributed by atoms with van der Waals surface area (Å²) in [6.07, 6.45) is 0.982. The smallest absolute Gasteiger partial charge is 0.264 e. The Balaban J connectivity index is 1.66. The first-order chi connectivity index (χ1) is 11.1. The molecule has 0 N–H and O–H groups in total. The molecule has 0 aliphatic carbocycles. The minimum Gasteiger partial charge on any atom is -0.367 e. The van der Waals surface area contributed by atoms with Gasteiger partial charge in [-0.2, -0.15) is 0 Å². The van der Waals surface area contributed by atoms with Crippen LogP contribution in [0.25, 0.3) is 0 Å². The van der Waals surface area contributed by atoms with Gasteiger partial charge < -0.3 is 9.80 Å². The standard InChI is InChI=1S/C18H21ClN2OS/c1-3-14-12-17(23-13(14)2)18(22)21-10-8-20(9-11-21)16-7-5-4-6-15(16)19/h4-7,12H,3,8-11H2,1-2H3. The van der Waals surface area contributed by atoms with E-state index >= 15 is 0 Å². The maximum Gasteiger partial charge on any atom is 0.264 e. The highest BCUT2D eigenvalue weighted by Crippen LogP contribution is 2.27. The fourth-order valence-electron chi connectivity index (χ4n) is 2.99. The summed E-state index contributed by atoms with van der Waals surface area (Å²) < 4.78 is 0. The lowest BCUT2D eigenvalue weighted by Gasteiger charge is -2.36. The van der Waals surface area contributed by atoms with Crippen molar-refractivity contribution in [2.75, 3.05) is 31.1 Å². The number of hydrogen-bond donors (Lipinski definition) is 0. The van der Waals surface area contributed by atoms with Gasteiger partial charge in [-0.15, -0.1) is 11.3 Å². The molecule has 1 fully saturated rings. The van der Waals surface area contributed by atoms with Crippen molar-refractivity contribution in [3.8, 4) is 0 Å². The van der Waals surface area contributed by atoms with Gasteiger partial charge in [0.05, 0.1) is 15.6 Å². The Bertz CT molecular complexity index is 705. The van der Waals surface area contributed by atoms with Crippen molar-refractivity contribution in [1.82, 2.24) is 4.90 Å². The summed E-state index contributed by atoms with van der Waals surface area (Å²) in [5.41, 5.74) is 2.34. The second-order valence-electron chi connectivity index (χ2n) is 5.78. The van der Waals surface area contributed by atoms with Gasteiger partial charge in [-0.25, -0.2) is 0 Å². The van der Waals surface area contributed by atoms with Crippen LogP contribution in [0.4, 0.5) is 5.69 Å². The van der Waals surface area contributed by atoms with Crippen molar-refractivity contribution in [2.45, 2.75) is 20.3 Å². The molecule has 1 amide bonds. The molecule has 0 atom stereocenters. The number of carbonyl (C=O) groups is 1. The van der Waals surface area contributed by atoms with E-state index in [0.29, 0.717) is 0 Å². The van der Waals surface area contributed by atoms with E-state index in [9.17, 15) is 4.79 Å². The van der Waals surface area contributed by atoms with Crippen molar-refractivity contribution in [1.29, 1.82) is 0 Å². The van der Waals surface area contributed by atoms with Gasteiger partial charge in [-0.1, -0.05) is 30.7 Å². The zero-order valence-corrected chi connectivity index (χ0v) is 15.1. The molecule has 23 heavy (non-hydrogen) atoms. The van der Waals surface area contributed by atoms with Crippen LogP contribution in [0, 0.1) is 6.92 Å². The van der Waals surface area contributed by atoms with Gasteiger partial charge in [0.25, 0.3) is 5.91 Å². The first-order valence-corrected chi connectivity index (χ1v) is 9.17. The molecule has 0 bridgehead atoms. The lowest BCUT2D eigenvalue weighted by Crippen LogP contribution is -2.48. The number of thiophene rings is 1. The van der Waals surface area contributed by atoms with Crippen LogP contribution < -0.4 is 4.90 Å². The Morgan fingerprint density at radius 1 is 1.22 bits per heavy atom. The number of nitrogens with zero attached hydrogens (tertiary/aromatic N) is 2. The number of para-hydroxylation sites is 1. The molecular weight excluding hydrogens is 328 g/mol. The Morgan fingerprint density at radius 3 is 2.52 bits per heavy atom. The second kappa shape index (κ2) is 6.93. The fourth-order valence-corrected chi connectivity index (χ4v) is 4.33. The third-order valence-electron chi connectivity index (χ3n) is 4.37. The molecule has 1 saturated heterocycles. The molecule has 1 aliphatic heterocycles. The number of rotatable bonds is 3. The first kappa shape index (κ1) is 16.3. The van der Waals surface area contributed by atoms with E-state index in [-0.39, 0.29) is 5.91 Å². The zero-order chi connectivity index (χ0) is 16.4. The lowest BCUT2D eigenvalue weighted by atomic mass is 10.2. The number of amides is 1. The van der Waals surface area contributed by atoms with E-state index in [1.54, 1.807) is 11.3 Å². The largest absolute Gasteiger partial charge is 0.367 e. The van der Waals surface area contributed by atoms with E-state index < -0.39 is 0 Å². The highest BCUT2D eigenvalue weighted by atomic mass is 35.5. The summed E-state index contributed by atoms with van der Waals surface area (Å²) in [5.74, 6) is 0.164. The molecule has 0 spiro atoms. The Labute approximate surface area is 146 Å². The van der Waals surface area contributed by atoms with Crippen LogP contribution in [-0.2, 0) is 6.42 Å². The van der Waals surface area contributed by atoms with Gasteiger partial charge in [0.1, 0.15) is 0 Å². The third kappa shape index (κ3) is 3.38. The van der Waals surface area contributed by atoms with Crippen molar-refractivity contribution >= 4 is 34.5 Å². The second-order valence-corrected chi connectivity index (χ2v) is 7.44. The topological polar surface area (TPSA) is 23.6 Å². The molecule has 1 aromatic carbocycles. The highest BCUT2D eigenvalue weighted by molar-refractivity contribution is 7.14. The first-order valence-electron chi connectivity index (χ1n) is 7.98. The number of piperazine rings is 1. The van der Waals surface area contributed by atoms with Crippen LogP contribution in [0.15, 0.2) is 30.3 Å². The van der Waals surface area contributed by atoms with Gasteiger partial charge >= 0.3 is 0 Å². The van der Waals surface area contributed by atoms with Crippen LogP contribution >= 0.6 is 22.9 Å². The van der Waals surface area contributed by atoms with Crippen LogP contribution in [0.3, 0.4) is 0 Å². The molecule has 5 heteroatoms. The maximum atomic E-state index is 12.7. The summed E-state index contributed by atoms with van der Waals surface area (Å²) in [6, 6.07) is 9.95. The molecule has 1 aliphatic rings. The molecule has 2 aromatic rings. The molecule has 2 heterocycles. The molecule has 3 nitrogen and oxygen atoms in total. The lowest BCUT2D eigenvalue weighted by molar-refractivity contribution is 0.0751. The summed E-state index contributed by atoms with van der Waals surface area (Å²) >= 11 is 7.88. The molecule has 122 valence electrons. The third-order valence-corrected chi connectivity index (χ3v) is 5.77. The summed E-state index contributed by atoms with van der Waals surface area (Å²) in [6.45, 7) is 7.34. The van der Waals surface area contributed by atoms with Crippen molar-refractivity contribution < 1.29 is 4.79 Å². The Kier molecular flexibility index (Phi) is 4.93. The number of carbonyl (C=O) groups excluding carboxylic acids is 1. The number of hydrogen-bond acceptors (Lipinski definition) is 3. The van der Waals surface area contributed by atoms with E-state index in [4.69, 9.17) is 11.6 Å². The molecule has 0 radical (unpaired) electrons. The molecule has 0 saturated carbocycles. The minimum absolute atomic E-state index is 0.164. The summed E-state index contributed by atoms with van der Waals surface area (Å²) in [7, 11) is 0. The predicted molar refractivity (Wildman–Crippen MR) is 98.0 cm³/mol. The Hall–Kier alpha value is -1.52. The van der Waals surface area contributed by atoms with Crippen LogP contribution in [0.2, 0.25) is 5.02 Å². The number of aryl methyl sites for hydroxylation is 2. The van der Waals surface area contributed by atoms with Gasteiger partial charge in [0.15, 0.2) is 0 Å². The normalized spacial score (nSPS) is 15.1. The predicted octanol–water partition coefficient (Wildman–Crippen LogP) is 4.23. The number of benzene rings is 1. The van der Waals surface area contributed by atoms with Gasteiger partial charge in [-0.3, -0.25) is 4.79 Å². The van der Waals surface area contributed by atoms with E-state index in [2.05, 4.69) is 24.8 Å². The van der Waals surface area contributed by atoms with Crippen LogP contribution in [0.1, 0.15) is 27.0 Å². The molecule has 1 aromatic heterocycles. The van der Waals surface area contributed by atoms with Crippen LogP contribution in [-0.4, -0.2) is 37.0 Å². The Morgan fingerprint density at radius 2 is 1.91 bits per heavy atom. The van der Waals surface area contributed by atoms with E-state index in [0.717, 1.165) is 48.2 Å². The van der Waals surface area contributed by atoms with Crippen molar-refractivity contribution in [3.63, 3.8) is 0 Å². The summed E-state index contributed by atoms with van der Waals surface area (Å²) in [4.78, 5) is 19.0. The van der Waals surface area contributed by atoms with E-state index in [1.807, 2.05) is 29.2 Å². The number of anilines is 1. The SMILES string of the molecule is CCc1cc(C(=O)N2CCN(c3ccccc3Cl)CC2)sc1C. The number of halogens is 1. The van der Waals surface area contributed by atoms with Crippen molar-refractivity contribution in [2.24, 2.45) is 0 Å². The molecule has 0 unspecified atom stereocenters. The minimum atomic E-state index is 0.164. The van der Waals surface area contributed by atoms with Crippen molar-refractivity contribution in [3.05, 3.63) is 50.7 Å². The highest BCUT2D eigenvalue weighted by Gasteiger charge is 2.24. The zero-order valence-electron chi connectivity index (χ0n) is 13.5. The average molecular weight is 349 g/mol. The monoisotopic (exact) mass is 348 g/mol. The van der Waals surface area contributed by atoms with Gasteiger partial charge in [0, 0.05) is 31.1 Å². The maximum absolute atomic E-state index is 12.7. The fraction of sp³-hybridized carbons (Fsp3) is 0.389. The summed E-state index contributed by atoms with van der Waals surface area (Å²) in [5, 5.41) is 0.772. The average Bonchev–Trinajstić information content (AvgIpc) is 2.96. The molecular formula is C18H21ClN2OS. The van der Waals surface area contributed by atoms with Gasteiger partial charge in [0.2, 0.25) is 0 Å². The molecule has 3 rings (SSSR count).